The van der Waals surface area contributed by atoms with Crippen LogP contribution >= 0.6 is 0 Å². The SMILES string of the molecule is C=CC(=O)Nc1cc(Nc2nc(-c3ccnc(N4CCn5c(cc6c5CC(C)(C)C6)C4=O)c3CO)cn(C)c2=O)ccc1N1CCN(C(=O)O)C[C@@H]1C. The van der Waals surface area contributed by atoms with Gasteiger partial charge in [-0.05, 0) is 67.2 Å². The first-order valence-electron chi connectivity index (χ1n) is 17.6. The molecule has 15 heteroatoms. The number of aliphatic hydroxyl groups excluding tert-OH is 1. The molecule has 15 nitrogen and oxygen atoms in total. The lowest BCUT2D eigenvalue weighted by Crippen LogP contribution is -2.53. The normalized spacial score (nSPS) is 17.7. The molecule has 3 aliphatic rings. The molecule has 4 aromatic rings. The second-order valence-corrected chi connectivity index (χ2v) is 14.7. The van der Waals surface area contributed by atoms with Crippen LogP contribution in [0.5, 0.6) is 0 Å². The van der Waals surface area contributed by atoms with Crippen molar-refractivity contribution in [2.45, 2.75) is 52.8 Å². The Morgan fingerprint density at radius 2 is 1.89 bits per heavy atom. The van der Waals surface area contributed by atoms with Crippen LogP contribution in [0.4, 0.5) is 33.5 Å². The predicted octanol–water partition coefficient (Wildman–Crippen LogP) is 3.98. The van der Waals surface area contributed by atoms with Crippen LogP contribution in [0.1, 0.15) is 48.1 Å². The van der Waals surface area contributed by atoms with E-state index in [2.05, 4.69) is 45.6 Å². The third-order valence-corrected chi connectivity index (χ3v) is 10.3. The molecule has 1 aromatic carbocycles. The number of amides is 3. The Morgan fingerprint density at radius 1 is 1.09 bits per heavy atom. The summed E-state index contributed by atoms with van der Waals surface area (Å²) in [6.45, 7) is 11.5. The van der Waals surface area contributed by atoms with Gasteiger partial charge in [0.05, 0.1) is 23.7 Å². The maximum absolute atomic E-state index is 13.9. The third kappa shape index (κ3) is 6.52. The number of aliphatic hydroxyl groups is 1. The standard InChI is InChI=1S/C38H43N9O6/c1-6-32(49)41-27-16-24(7-8-29(27)45-12-11-44(37(52)53)19-22(45)2)40-33-36(51)43(5)20-28(42-33)25-9-10-39-34(26(25)21-48)47-14-13-46-30(35(47)50)15-23-17-38(3,4)18-31(23)46/h6-10,15-16,20,22,48H,1,11-14,17-19,21H2,2-5H3,(H,40,42)(H,41,49)(H,52,53)/t22-/m0/s1. The summed E-state index contributed by atoms with van der Waals surface area (Å²) in [7, 11) is 1.60. The van der Waals surface area contributed by atoms with Crippen LogP contribution in [0.25, 0.3) is 11.3 Å². The maximum atomic E-state index is 13.9. The van der Waals surface area contributed by atoms with E-state index in [9.17, 15) is 29.4 Å². The van der Waals surface area contributed by atoms with Gasteiger partial charge in [-0.25, -0.2) is 14.8 Å². The lowest BCUT2D eigenvalue weighted by Gasteiger charge is -2.40. The average Bonchev–Trinajstić information content (AvgIpc) is 3.62. The van der Waals surface area contributed by atoms with Crippen LogP contribution in [0, 0.1) is 5.41 Å². The number of nitrogens with zero attached hydrogens (tertiary/aromatic N) is 7. The Morgan fingerprint density at radius 3 is 2.60 bits per heavy atom. The van der Waals surface area contributed by atoms with Crippen molar-refractivity contribution >= 4 is 46.6 Å². The number of hydrogen-bond acceptors (Lipinski definition) is 9. The quantitative estimate of drug-likeness (QED) is 0.195. The minimum atomic E-state index is -0.982. The van der Waals surface area contributed by atoms with E-state index in [1.807, 2.05) is 17.9 Å². The first kappa shape index (κ1) is 35.4. The fourth-order valence-electron chi connectivity index (χ4n) is 7.81. The number of aryl methyl sites for hydroxylation is 1. The highest BCUT2D eigenvalue weighted by atomic mass is 16.4. The smallest absolute Gasteiger partial charge is 0.407 e. The van der Waals surface area contributed by atoms with Crippen LogP contribution in [-0.2, 0) is 37.8 Å². The highest BCUT2D eigenvalue weighted by molar-refractivity contribution is 6.06. The van der Waals surface area contributed by atoms with Crippen molar-refractivity contribution in [3.8, 4) is 11.3 Å². The third-order valence-electron chi connectivity index (χ3n) is 10.3. The first-order chi connectivity index (χ1) is 25.3. The van der Waals surface area contributed by atoms with Gasteiger partial charge in [-0.1, -0.05) is 20.4 Å². The van der Waals surface area contributed by atoms with Gasteiger partial charge in [-0.3, -0.25) is 19.3 Å². The molecule has 0 unspecified atom stereocenters. The molecule has 3 amide bonds. The molecule has 1 atom stereocenters. The second-order valence-electron chi connectivity index (χ2n) is 14.7. The molecule has 0 radical (unpaired) electrons. The van der Waals surface area contributed by atoms with Gasteiger partial charge in [0.25, 0.3) is 11.5 Å². The van der Waals surface area contributed by atoms with Crippen molar-refractivity contribution < 1.29 is 24.6 Å². The fraction of sp³-hybridized carbons (Fsp3) is 0.368. The molecule has 53 heavy (non-hydrogen) atoms. The number of hydrogen-bond donors (Lipinski definition) is 4. The zero-order chi connectivity index (χ0) is 37.8. The Labute approximate surface area is 306 Å². The summed E-state index contributed by atoms with van der Waals surface area (Å²) in [4.78, 5) is 65.6. The number of fused-ring (bicyclic) bond motifs is 3. The molecule has 0 saturated carbocycles. The zero-order valence-electron chi connectivity index (χ0n) is 30.2. The highest BCUT2D eigenvalue weighted by Gasteiger charge is 2.38. The molecule has 276 valence electrons. The molecular formula is C38H43N9O6. The van der Waals surface area contributed by atoms with E-state index in [1.54, 1.807) is 48.6 Å². The number of rotatable bonds is 8. The zero-order valence-corrected chi connectivity index (χ0v) is 30.2. The van der Waals surface area contributed by atoms with E-state index >= 15 is 0 Å². The van der Waals surface area contributed by atoms with E-state index < -0.39 is 24.2 Å². The average molecular weight is 722 g/mol. The van der Waals surface area contributed by atoms with Crippen LogP contribution in [0.15, 0.2) is 60.2 Å². The van der Waals surface area contributed by atoms with E-state index in [4.69, 9.17) is 0 Å². The lowest BCUT2D eigenvalue weighted by atomic mass is 9.90. The maximum Gasteiger partial charge on any atom is 0.407 e. The number of carbonyl (C=O) groups is 3. The van der Waals surface area contributed by atoms with E-state index in [1.165, 1.54) is 20.7 Å². The summed E-state index contributed by atoms with van der Waals surface area (Å²) in [6, 6.07) is 8.74. The Kier molecular flexibility index (Phi) is 9.06. The first-order valence-corrected chi connectivity index (χ1v) is 17.6. The van der Waals surface area contributed by atoms with Gasteiger partial charge < -0.3 is 39.8 Å². The number of aromatic nitrogens is 4. The Bertz CT molecular complexity index is 2220. The fourth-order valence-corrected chi connectivity index (χ4v) is 7.81. The van der Waals surface area contributed by atoms with Crippen molar-refractivity contribution in [1.82, 2.24) is 24.0 Å². The van der Waals surface area contributed by atoms with Gasteiger partial charge in [-0.15, -0.1) is 0 Å². The number of piperazine rings is 1. The molecule has 1 saturated heterocycles. The van der Waals surface area contributed by atoms with Gasteiger partial charge in [0.1, 0.15) is 11.5 Å². The number of nitrogens with one attached hydrogen (secondary N) is 2. The summed E-state index contributed by atoms with van der Waals surface area (Å²) in [6.07, 6.45) is 5.14. The lowest BCUT2D eigenvalue weighted by molar-refractivity contribution is -0.111. The molecule has 7 rings (SSSR count). The summed E-state index contributed by atoms with van der Waals surface area (Å²) in [5.74, 6) is -0.285. The summed E-state index contributed by atoms with van der Waals surface area (Å²) < 4.78 is 3.50. The van der Waals surface area contributed by atoms with Crippen LogP contribution in [0.3, 0.4) is 0 Å². The van der Waals surface area contributed by atoms with Gasteiger partial charge >= 0.3 is 6.09 Å². The van der Waals surface area contributed by atoms with Gasteiger partial charge in [0.2, 0.25) is 5.91 Å². The molecule has 4 N–H and O–H groups in total. The van der Waals surface area contributed by atoms with E-state index in [0.717, 1.165) is 18.9 Å². The van der Waals surface area contributed by atoms with E-state index in [-0.39, 0.29) is 23.2 Å². The van der Waals surface area contributed by atoms with Gasteiger partial charge in [0, 0.05) is 80.7 Å². The molecule has 1 aliphatic carbocycles. The van der Waals surface area contributed by atoms with Crippen molar-refractivity contribution in [3.63, 3.8) is 0 Å². The predicted molar refractivity (Wildman–Crippen MR) is 201 cm³/mol. The monoisotopic (exact) mass is 721 g/mol. The summed E-state index contributed by atoms with van der Waals surface area (Å²) >= 11 is 0. The largest absolute Gasteiger partial charge is 0.465 e. The number of carbonyl (C=O) groups excluding carboxylic acids is 2. The van der Waals surface area contributed by atoms with Crippen LogP contribution in [-0.4, -0.2) is 84.3 Å². The summed E-state index contributed by atoms with van der Waals surface area (Å²) in [5.41, 5.74) is 5.66. The highest BCUT2D eigenvalue weighted by Crippen LogP contribution is 2.40. The molecular weight excluding hydrogens is 678 g/mol. The topological polar surface area (TPSA) is 178 Å². The molecule has 2 aliphatic heterocycles. The van der Waals surface area contributed by atoms with Crippen molar-refractivity contribution in [3.05, 3.63) is 88.2 Å². The van der Waals surface area contributed by atoms with Crippen molar-refractivity contribution in [2.75, 3.05) is 46.6 Å². The van der Waals surface area contributed by atoms with Crippen molar-refractivity contribution in [1.29, 1.82) is 0 Å². The molecule has 0 spiro atoms. The molecule has 3 aromatic heterocycles. The minimum absolute atomic E-state index is 0.00578. The van der Waals surface area contributed by atoms with Crippen LogP contribution < -0.4 is 26.0 Å². The van der Waals surface area contributed by atoms with Gasteiger partial charge in [-0.2, -0.15) is 0 Å². The van der Waals surface area contributed by atoms with Crippen LogP contribution in [0.2, 0.25) is 0 Å². The molecule has 0 bridgehead atoms. The molecule has 5 heterocycles. The Balaban J connectivity index is 1.20. The number of benzene rings is 1. The molecule has 1 fully saturated rings. The Hall–Kier alpha value is -5.96. The number of pyridine rings is 1. The number of anilines is 5. The van der Waals surface area contributed by atoms with Gasteiger partial charge in [0.15, 0.2) is 5.82 Å². The second kappa shape index (κ2) is 13.5. The summed E-state index contributed by atoms with van der Waals surface area (Å²) in [5, 5.41) is 26.1. The number of carboxylic acid groups (broad SMARTS) is 1. The van der Waals surface area contributed by atoms with E-state index in [0.29, 0.717) is 78.1 Å². The minimum Gasteiger partial charge on any atom is -0.465 e. The van der Waals surface area contributed by atoms with Crippen molar-refractivity contribution in [2.24, 2.45) is 12.5 Å².